The fourth-order valence-electron chi connectivity index (χ4n) is 6.24. The molecule has 0 saturated carbocycles. The van der Waals surface area contributed by atoms with Crippen molar-refractivity contribution in [1.82, 2.24) is 10.2 Å². The van der Waals surface area contributed by atoms with Gasteiger partial charge < -0.3 is 20.9 Å². The lowest BCUT2D eigenvalue weighted by molar-refractivity contribution is -0.148. The highest BCUT2D eigenvalue weighted by Crippen LogP contribution is 2.29. The number of nitrogens with two attached hydrogens (primary N) is 1. The van der Waals surface area contributed by atoms with Crippen molar-refractivity contribution < 1.29 is 29.0 Å². The van der Waals surface area contributed by atoms with Crippen molar-refractivity contribution in [2.45, 2.75) is 77.6 Å². The molecule has 9 heteroatoms. The minimum atomic E-state index is -1.26. The van der Waals surface area contributed by atoms with Gasteiger partial charge in [0.1, 0.15) is 18.4 Å². The topological polar surface area (TPSA) is 139 Å². The van der Waals surface area contributed by atoms with Crippen molar-refractivity contribution in [2.24, 2.45) is 17.6 Å². The van der Waals surface area contributed by atoms with Crippen molar-refractivity contribution in [3.8, 4) is 5.75 Å². The quantitative estimate of drug-likeness (QED) is 0.215. The van der Waals surface area contributed by atoms with Crippen molar-refractivity contribution in [3.05, 3.63) is 101 Å². The maximum Gasteiger partial charge on any atom is 0.243 e. The van der Waals surface area contributed by atoms with Crippen LogP contribution in [0.2, 0.25) is 0 Å². The van der Waals surface area contributed by atoms with Gasteiger partial charge >= 0.3 is 0 Å². The molecule has 3 aromatic carbocycles. The standard InChI is InChI=1S/C37H45N3O6/c1-23(2)35(40-31(43)18-19-32(40)44)37(45)39-28(20-26-14-7-5-8-15-26)21-29(41)33(34(38)27-16-9-6-10-17-27)30(42)22-46-36-24(3)12-11-13-25(36)4/h5-17,23,28-29,33-35,41H,18-22,38H2,1-4H3,(H,39,45)/t28-,29+,33-,34?,35?/m0/s1. The van der Waals surface area contributed by atoms with Gasteiger partial charge in [0, 0.05) is 24.9 Å². The van der Waals surface area contributed by atoms with Gasteiger partial charge in [-0.15, -0.1) is 0 Å². The third kappa shape index (κ3) is 8.47. The summed E-state index contributed by atoms with van der Waals surface area (Å²) in [6, 6.07) is 21.8. The Morgan fingerprint density at radius 2 is 1.46 bits per heavy atom. The highest BCUT2D eigenvalue weighted by atomic mass is 16.5. The predicted molar refractivity (Wildman–Crippen MR) is 176 cm³/mol. The molecule has 4 rings (SSSR count). The van der Waals surface area contributed by atoms with Gasteiger partial charge in [-0.05, 0) is 54.9 Å². The number of rotatable bonds is 15. The van der Waals surface area contributed by atoms with Gasteiger partial charge in [-0.3, -0.25) is 24.1 Å². The first-order chi connectivity index (χ1) is 22.0. The van der Waals surface area contributed by atoms with E-state index < -0.39 is 36.1 Å². The third-order valence-corrected chi connectivity index (χ3v) is 8.59. The van der Waals surface area contributed by atoms with Gasteiger partial charge in [-0.2, -0.15) is 0 Å². The first-order valence-electron chi connectivity index (χ1n) is 15.9. The van der Waals surface area contributed by atoms with Gasteiger partial charge in [0.05, 0.1) is 12.0 Å². The van der Waals surface area contributed by atoms with Crippen molar-refractivity contribution in [1.29, 1.82) is 0 Å². The zero-order valence-electron chi connectivity index (χ0n) is 27.0. The Kier molecular flexibility index (Phi) is 11.8. The highest BCUT2D eigenvalue weighted by molar-refractivity contribution is 6.05. The van der Waals surface area contributed by atoms with Gasteiger partial charge in [0.2, 0.25) is 17.7 Å². The van der Waals surface area contributed by atoms with Crippen LogP contribution in [0.15, 0.2) is 78.9 Å². The maximum atomic E-state index is 13.9. The second kappa shape index (κ2) is 15.8. The number of benzene rings is 3. The summed E-state index contributed by atoms with van der Waals surface area (Å²) in [6.07, 6.45) is -0.768. The summed E-state index contributed by atoms with van der Waals surface area (Å²) in [5.41, 5.74) is 10.1. The predicted octanol–water partition coefficient (Wildman–Crippen LogP) is 4.22. The van der Waals surface area contributed by atoms with Gasteiger partial charge in [-0.1, -0.05) is 92.7 Å². The number of hydrogen-bond donors (Lipinski definition) is 3. The number of likely N-dealkylation sites (tertiary alicyclic amines) is 1. The summed E-state index contributed by atoms with van der Waals surface area (Å²) in [5, 5.41) is 14.8. The number of aryl methyl sites for hydroxylation is 2. The average molecular weight is 628 g/mol. The summed E-state index contributed by atoms with van der Waals surface area (Å²) in [4.78, 5) is 53.9. The number of para-hydroxylation sites is 1. The van der Waals surface area contributed by atoms with E-state index in [-0.39, 0.29) is 49.4 Å². The van der Waals surface area contributed by atoms with E-state index in [2.05, 4.69) is 5.32 Å². The van der Waals surface area contributed by atoms with E-state index in [1.54, 1.807) is 13.8 Å². The van der Waals surface area contributed by atoms with Crippen molar-refractivity contribution in [3.63, 3.8) is 0 Å². The molecule has 1 saturated heterocycles. The molecule has 1 heterocycles. The van der Waals surface area contributed by atoms with Crippen LogP contribution in [0.1, 0.15) is 61.4 Å². The monoisotopic (exact) mass is 627 g/mol. The molecule has 5 atom stereocenters. The molecular formula is C37H45N3O6. The molecule has 0 radical (unpaired) electrons. The maximum absolute atomic E-state index is 13.9. The molecule has 4 N–H and O–H groups in total. The number of nitrogens with one attached hydrogen (secondary N) is 1. The van der Waals surface area contributed by atoms with Crippen LogP contribution < -0.4 is 15.8 Å². The molecule has 9 nitrogen and oxygen atoms in total. The number of aliphatic hydroxyl groups is 1. The average Bonchev–Trinajstić information content (AvgIpc) is 3.34. The molecule has 0 aliphatic carbocycles. The van der Waals surface area contributed by atoms with Crippen LogP contribution in [0.4, 0.5) is 0 Å². The van der Waals surface area contributed by atoms with Crippen LogP contribution >= 0.6 is 0 Å². The first-order valence-corrected chi connectivity index (χ1v) is 15.9. The van der Waals surface area contributed by atoms with Crippen LogP contribution in [-0.2, 0) is 25.6 Å². The van der Waals surface area contributed by atoms with Crippen LogP contribution in [-0.4, -0.2) is 58.3 Å². The largest absolute Gasteiger partial charge is 0.485 e. The van der Waals surface area contributed by atoms with Gasteiger partial charge in [-0.25, -0.2) is 0 Å². The molecule has 1 fully saturated rings. The van der Waals surface area contributed by atoms with E-state index >= 15 is 0 Å². The minimum absolute atomic E-state index is 0.00627. The van der Waals surface area contributed by atoms with Crippen LogP contribution in [0.25, 0.3) is 0 Å². The number of carbonyl (C=O) groups is 4. The number of imide groups is 1. The number of ketones is 1. The van der Waals surface area contributed by atoms with Crippen LogP contribution in [0.3, 0.4) is 0 Å². The second-order valence-electron chi connectivity index (χ2n) is 12.5. The molecule has 0 spiro atoms. The third-order valence-electron chi connectivity index (χ3n) is 8.59. The Morgan fingerprint density at radius 1 is 0.891 bits per heavy atom. The minimum Gasteiger partial charge on any atom is -0.485 e. The lowest BCUT2D eigenvalue weighted by Crippen LogP contribution is -2.55. The second-order valence-corrected chi connectivity index (χ2v) is 12.5. The number of nitrogens with zero attached hydrogens (tertiary/aromatic N) is 1. The van der Waals surface area contributed by atoms with Crippen molar-refractivity contribution >= 4 is 23.5 Å². The molecule has 244 valence electrons. The summed E-state index contributed by atoms with van der Waals surface area (Å²) in [7, 11) is 0. The Bertz CT molecular complexity index is 1470. The van der Waals surface area contributed by atoms with E-state index in [0.717, 1.165) is 21.6 Å². The van der Waals surface area contributed by atoms with E-state index in [4.69, 9.17) is 10.5 Å². The Morgan fingerprint density at radius 3 is 2.02 bits per heavy atom. The number of carbonyl (C=O) groups excluding carboxylic acids is 4. The lowest BCUT2D eigenvalue weighted by atomic mass is 9.82. The highest BCUT2D eigenvalue weighted by Gasteiger charge is 2.41. The molecule has 1 aliphatic rings. The molecule has 46 heavy (non-hydrogen) atoms. The SMILES string of the molecule is Cc1cccc(C)c1OCC(=O)[C@@H](C(N)c1ccccc1)[C@H](O)C[C@H](Cc1ccccc1)NC(=O)C(C(C)C)N1C(=O)CCC1=O. The Balaban J connectivity index is 1.61. The molecule has 0 bridgehead atoms. The molecule has 3 amide bonds. The molecular weight excluding hydrogens is 582 g/mol. The van der Waals surface area contributed by atoms with Crippen molar-refractivity contribution in [2.75, 3.05) is 6.61 Å². The van der Waals surface area contributed by atoms with E-state index in [1.165, 1.54) is 0 Å². The Labute approximate surface area is 271 Å². The molecule has 2 unspecified atom stereocenters. The normalized spacial score (nSPS) is 16.5. The van der Waals surface area contributed by atoms with E-state index in [9.17, 15) is 24.3 Å². The smallest absolute Gasteiger partial charge is 0.243 e. The van der Waals surface area contributed by atoms with Gasteiger partial charge in [0.15, 0.2) is 5.78 Å². The first kappa shape index (κ1) is 34.5. The number of amides is 3. The Hall–Kier alpha value is -4.34. The molecule has 0 aromatic heterocycles. The zero-order valence-corrected chi connectivity index (χ0v) is 27.0. The number of aliphatic hydroxyl groups excluding tert-OH is 1. The van der Waals surface area contributed by atoms with Gasteiger partial charge in [0.25, 0.3) is 0 Å². The fourth-order valence-corrected chi connectivity index (χ4v) is 6.24. The van der Waals surface area contributed by atoms with E-state index in [1.807, 2.05) is 92.7 Å². The molecule has 3 aromatic rings. The number of ether oxygens (including phenoxy) is 1. The summed E-state index contributed by atoms with van der Waals surface area (Å²) >= 11 is 0. The van der Waals surface area contributed by atoms with Crippen LogP contribution in [0.5, 0.6) is 5.75 Å². The summed E-state index contributed by atoms with van der Waals surface area (Å²) < 4.78 is 5.99. The summed E-state index contributed by atoms with van der Waals surface area (Å²) in [5.74, 6) is -2.38. The van der Waals surface area contributed by atoms with Crippen LogP contribution in [0, 0.1) is 25.7 Å². The molecule has 1 aliphatic heterocycles. The fraction of sp³-hybridized carbons (Fsp3) is 0.405. The zero-order chi connectivity index (χ0) is 33.4. The lowest BCUT2D eigenvalue weighted by Gasteiger charge is -2.33. The van der Waals surface area contributed by atoms with E-state index in [0.29, 0.717) is 17.7 Å². The number of hydrogen-bond acceptors (Lipinski definition) is 7. The summed E-state index contributed by atoms with van der Waals surface area (Å²) in [6.45, 7) is 7.08. The number of Topliss-reactive ketones (excluding diaryl/α,β-unsaturated/α-hetero) is 1.